The molecule has 0 aliphatic rings. The Morgan fingerprint density at radius 2 is 2.26 bits per heavy atom. The number of anilines is 1. The molecule has 1 aromatic heterocycles. The van der Waals surface area contributed by atoms with E-state index in [9.17, 15) is 4.79 Å². The summed E-state index contributed by atoms with van der Waals surface area (Å²) in [5.41, 5.74) is 6.34. The lowest BCUT2D eigenvalue weighted by atomic mass is 10.1. The fourth-order valence-electron chi connectivity index (χ4n) is 1.61. The molecular weight excluding hydrogens is 248 g/mol. The summed E-state index contributed by atoms with van der Waals surface area (Å²) in [6.07, 6.45) is 0. The smallest absolute Gasteiger partial charge is 0.277 e. The first-order valence-electron chi connectivity index (χ1n) is 5.64. The Kier molecular flexibility index (Phi) is 3.65. The fourth-order valence-corrected chi connectivity index (χ4v) is 1.61. The molecule has 2 aromatic rings. The summed E-state index contributed by atoms with van der Waals surface area (Å²) < 4.78 is 9.52. The molecule has 3 N–H and O–H groups in total. The maximum Gasteiger partial charge on any atom is 0.277 e. The fraction of sp³-hybridized carbons (Fsp3) is 0.250. The predicted molar refractivity (Wildman–Crippen MR) is 67.6 cm³/mol. The van der Waals surface area contributed by atoms with E-state index in [0.29, 0.717) is 0 Å². The lowest BCUT2D eigenvalue weighted by Gasteiger charge is -2.14. The number of aromatic nitrogens is 2. The van der Waals surface area contributed by atoms with Crippen molar-refractivity contribution in [2.75, 3.05) is 12.8 Å². The van der Waals surface area contributed by atoms with Gasteiger partial charge in [-0.2, -0.15) is 0 Å². The molecule has 0 aliphatic heterocycles. The number of methoxy groups -OCH3 is 1. The van der Waals surface area contributed by atoms with Gasteiger partial charge in [-0.3, -0.25) is 4.79 Å². The number of carbonyl (C=O) groups is 1. The molecule has 0 bridgehead atoms. The number of carbonyl (C=O) groups excluding carboxylic acids is 1. The molecule has 0 fully saturated rings. The van der Waals surface area contributed by atoms with Crippen LogP contribution in [-0.4, -0.2) is 23.3 Å². The van der Waals surface area contributed by atoms with E-state index in [-0.39, 0.29) is 17.6 Å². The summed E-state index contributed by atoms with van der Waals surface area (Å²) in [5, 5.41) is 9.56. The van der Waals surface area contributed by atoms with Gasteiger partial charge in [0.05, 0.1) is 13.2 Å². The maximum absolute atomic E-state index is 11.9. The zero-order chi connectivity index (χ0) is 13.8. The number of hydrogen-bond donors (Lipinski definition) is 2. The van der Waals surface area contributed by atoms with Gasteiger partial charge in [0.25, 0.3) is 5.91 Å². The molecule has 1 heterocycles. The average molecular weight is 262 g/mol. The summed E-state index contributed by atoms with van der Waals surface area (Å²) in [6, 6.07) is 7.19. The van der Waals surface area contributed by atoms with Crippen LogP contribution in [0.4, 0.5) is 5.82 Å². The Morgan fingerprint density at radius 1 is 1.47 bits per heavy atom. The highest BCUT2D eigenvalue weighted by Gasteiger charge is 2.18. The van der Waals surface area contributed by atoms with Crippen LogP contribution in [0.25, 0.3) is 0 Å². The third kappa shape index (κ3) is 2.82. The minimum Gasteiger partial charge on any atom is -0.497 e. The third-order valence-electron chi connectivity index (χ3n) is 2.67. The minimum atomic E-state index is -0.436. The number of ether oxygens (including phenoxy) is 1. The van der Waals surface area contributed by atoms with Gasteiger partial charge in [-0.25, -0.2) is 4.63 Å². The van der Waals surface area contributed by atoms with Gasteiger partial charge in [-0.15, -0.1) is 0 Å². The average Bonchev–Trinajstić information content (AvgIpc) is 2.85. The van der Waals surface area contributed by atoms with Crippen molar-refractivity contribution in [1.82, 2.24) is 15.6 Å². The van der Waals surface area contributed by atoms with Gasteiger partial charge in [0.2, 0.25) is 11.5 Å². The van der Waals surface area contributed by atoms with Gasteiger partial charge in [0.1, 0.15) is 5.75 Å². The van der Waals surface area contributed by atoms with Crippen molar-refractivity contribution in [3.63, 3.8) is 0 Å². The molecule has 1 amide bonds. The molecule has 19 heavy (non-hydrogen) atoms. The number of benzene rings is 1. The van der Waals surface area contributed by atoms with Gasteiger partial charge in [-0.1, -0.05) is 12.1 Å². The standard InChI is InChI=1S/C12H14N4O3/c1-7(8-4-3-5-9(6-8)18-2)14-12(17)10-11(13)16-19-15-10/h3-7H,1-2H3,(H2,13,16)(H,14,17)/t7-/m0/s1. The minimum absolute atomic E-state index is 0.0188. The molecule has 0 aliphatic carbocycles. The van der Waals surface area contributed by atoms with Crippen LogP contribution in [0.2, 0.25) is 0 Å². The first-order chi connectivity index (χ1) is 9.11. The second-order valence-electron chi connectivity index (χ2n) is 3.97. The van der Waals surface area contributed by atoms with Crippen LogP contribution >= 0.6 is 0 Å². The summed E-state index contributed by atoms with van der Waals surface area (Å²) in [6.45, 7) is 1.84. The van der Waals surface area contributed by atoms with Crippen molar-refractivity contribution >= 4 is 11.7 Å². The number of nitrogen functional groups attached to an aromatic ring is 1. The number of hydrogen-bond acceptors (Lipinski definition) is 6. The Morgan fingerprint density at radius 3 is 2.89 bits per heavy atom. The van der Waals surface area contributed by atoms with E-state index < -0.39 is 5.91 Å². The molecule has 0 unspecified atom stereocenters. The highest BCUT2D eigenvalue weighted by Crippen LogP contribution is 2.19. The zero-order valence-electron chi connectivity index (χ0n) is 10.6. The van der Waals surface area contributed by atoms with Crippen molar-refractivity contribution in [2.24, 2.45) is 0 Å². The second-order valence-corrected chi connectivity index (χ2v) is 3.97. The Labute approximate surface area is 109 Å². The summed E-state index contributed by atoms with van der Waals surface area (Å²) in [4.78, 5) is 11.9. The zero-order valence-corrected chi connectivity index (χ0v) is 10.6. The van der Waals surface area contributed by atoms with Crippen LogP contribution in [0.1, 0.15) is 29.0 Å². The van der Waals surface area contributed by atoms with E-state index in [1.807, 2.05) is 31.2 Å². The maximum atomic E-state index is 11.9. The monoisotopic (exact) mass is 262 g/mol. The number of rotatable bonds is 4. The van der Waals surface area contributed by atoms with Crippen LogP contribution < -0.4 is 15.8 Å². The number of nitrogens with two attached hydrogens (primary N) is 1. The molecule has 0 radical (unpaired) electrons. The number of nitrogens with zero attached hydrogens (tertiary/aromatic N) is 2. The van der Waals surface area contributed by atoms with Crippen molar-refractivity contribution in [3.05, 3.63) is 35.5 Å². The van der Waals surface area contributed by atoms with Gasteiger partial charge in [0, 0.05) is 0 Å². The summed E-state index contributed by atoms with van der Waals surface area (Å²) in [7, 11) is 1.59. The van der Waals surface area contributed by atoms with Crippen LogP contribution in [0, 0.1) is 0 Å². The van der Waals surface area contributed by atoms with E-state index in [4.69, 9.17) is 10.5 Å². The molecule has 7 nitrogen and oxygen atoms in total. The van der Waals surface area contributed by atoms with E-state index in [1.165, 1.54) is 0 Å². The van der Waals surface area contributed by atoms with Crippen molar-refractivity contribution in [3.8, 4) is 5.75 Å². The van der Waals surface area contributed by atoms with E-state index in [2.05, 4.69) is 20.3 Å². The van der Waals surface area contributed by atoms with Crippen molar-refractivity contribution < 1.29 is 14.2 Å². The molecule has 0 saturated carbocycles. The summed E-state index contributed by atoms with van der Waals surface area (Å²) >= 11 is 0. The molecular formula is C12H14N4O3. The van der Waals surface area contributed by atoms with E-state index >= 15 is 0 Å². The Bertz CT molecular complexity index is 582. The lowest BCUT2D eigenvalue weighted by Crippen LogP contribution is -2.27. The largest absolute Gasteiger partial charge is 0.497 e. The normalized spacial score (nSPS) is 11.9. The SMILES string of the molecule is COc1cccc([C@H](C)NC(=O)c2nonc2N)c1. The highest BCUT2D eigenvalue weighted by molar-refractivity contribution is 5.96. The molecule has 0 spiro atoms. The Balaban J connectivity index is 2.10. The molecule has 0 saturated heterocycles. The molecule has 100 valence electrons. The van der Waals surface area contributed by atoms with Crippen LogP contribution in [0.15, 0.2) is 28.9 Å². The molecule has 7 heteroatoms. The van der Waals surface area contributed by atoms with Gasteiger partial charge in [0.15, 0.2) is 0 Å². The quantitative estimate of drug-likeness (QED) is 0.856. The van der Waals surface area contributed by atoms with E-state index in [1.54, 1.807) is 7.11 Å². The third-order valence-corrected chi connectivity index (χ3v) is 2.67. The first-order valence-corrected chi connectivity index (χ1v) is 5.64. The first kappa shape index (κ1) is 12.9. The number of amides is 1. The topological polar surface area (TPSA) is 103 Å². The van der Waals surface area contributed by atoms with Crippen molar-refractivity contribution in [1.29, 1.82) is 0 Å². The molecule has 1 atom stereocenters. The van der Waals surface area contributed by atoms with Crippen molar-refractivity contribution in [2.45, 2.75) is 13.0 Å². The predicted octanol–water partition coefficient (Wildman–Crippen LogP) is 1.15. The van der Waals surface area contributed by atoms with Gasteiger partial charge in [-0.05, 0) is 34.9 Å². The second kappa shape index (κ2) is 5.38. The van der Waals surface area contributed by atoms with Gasteiger partial charge >= 0.3 is 0 Å². The van der Waals surface area contributed by atoms with Crippen LogP contribution in [0.5, 0.6) is 5.75 Å². The highest BCUT2D eigenvalue weighted by atomic mass is 16.6. The van der Waals surface area contributed by atoms with Crippen LogP contribution in [-0.2, 0) is 0 Å². The van der Waals surface area contributed by atoms with Gasteiger partial charge < -0.3 is 15.8 Å². The Hall–Kier alpha value is -2.57. The molecule has 1 aromatic carbocycles. The number of nitrogens with one attached hydrogen (secondary N) is 1. The lowest BCUT2D eigenvalue weighted by molar-refractivity contribution is 0.0930. The molecule has 2 rings (SSSR count). The van der Waals surface area contributed by atoms with Crippen LogP contribution in [0.3, 0.4) is 0 Å². The van der Waals surface area contributed by atoms with E-state index in [0.717, 1.165) is 11.3 Å². The summed E-state index contributed by atoms with van der Waals surface area (Å²) in [5.74, 6) is 0.255.